The Balaban J connectivity index is 1.66. The van der Waals surface area contributed by atoms with Crippen LogP contribution in [0.2, 0.25) is 10.0 Å². The molecule has 0 spiro atoms. The second kappa shape index (κ2) is 12.3. The van der Waals surface area contributed by atoms with Crippen LogP contribution in [0, 0.1) is 0 Å². The predicted molar refractivity (Wildman–Crippen MR) is 132 cm³/mol. The number of carbonyl (C=O) groups is 2. The molecule has 1 atom stereocenters. The third-order valence-corrected chi connectivity index (χ3v) is 5.74. The second-order valence-corrected chi connectivity index (χ2v) is 8.41. The molecular weight excluding hydrogens is 459 g/mol. The number of nitrogens with one attached hydrogen (secondary N) is 1. The fraction of sp³-hybridized carbons (Fsp3) is 0.231. The molecule has 0 aliphatic carbocycles. The lowest BCUT2D eigenvalue weighted by atomic mass is 10.1. The van der Waals surface area contributed by atoms with Gasteiger partial charge in [0.25, 0.3) is 5.91 Å². The smallest absolute Gasteiger partial charge is 0.261 e. The van der Waals surface area contributed by atoms with E-state index in [1.54, 1.807) is 43.3 Å². The molecule has 0 fully saturated rings. The molecule has 33 heavy (non-hydrogen) atoms. The summed E-state index contributed by atoms with van der Waals surface area (Å²) in [4.78, 5) is 27.5. The van der Waals surface area contributed by atoms with E-state index in [1.807, 2.05) is 42.5 Å². The molecule has 0 radical (unpaired) electrons. The highest BCUT2D eigenvalue weighted by Gasteiger charge is 2.26. The Morgan fingerprint density at radius 1 is 0.909 bits per heavy atom. The molecule has 0 heterocycles. The van der Waals surface area contributed by atoms with Crippen molar-refractivity contribution in [2.24, 2.45) is 0 Å². The van der Waals surface area contributed by atoms with Crippen molar-refractivity contribution in [1.29, 1.82) is 0 Å². The van der Waals surface area contributed by atoms with Crippen LogP contribution in [0.1, 0.15) is 18.1 Å². The number of hydrogen-bond donors (Lipinski definition) is 1. The average molecular weight is 485 g/mol. The van der Waals surface area contributed by atoms with Crippen LogP contribution in [0.5, 0.6) is 5.75 Å². The first kappa shape index (κ1) is 24.6. The minimum Gasteiger partial charge on any atom is -0.482 e. The fourth-order valence-corrected chi connectivity index (χ4v) is 3.59. The molecule has 0 aromatic heterocycles. The lowest BCUT2D eigenvalue weighted by molar-refractivity contribution is -0.142. The van der Waals surface area contributed by atoms with Crippen LogP contribution in [0.15, 0.2) is 78.9 Å². The normalized spacial score (nSPS) is 11.5. The Labute approximate surface area is 204 Å². The topological polar surface area (TPSA) is 58.6 Å². The molecule has 0 saturated carbocycles. The van der Waals surface area contributed by atoms with Crippen molar-refractivity contribution in [1.82, 2.24) is 10.2 Å². The van der Waals surface area contributed by atoms with E-state index >= 15 is 0 Å². The van der Waals surface area contributed by atoms with E-state index in [4.69, 9.17) is 27.9 Å². The van der Waals surface area contributed by atoms with Gasteiger partial charge in [0, 0.05) is 18.1 Å². The molecule has 1 unspecified atom stereocenters. The monoisotopic (exact) mass is 484 g/mol. The Bertz CT molecular complexity index is 1060. The molecule has 7 heteroatoms. The van der Waals surface area contributed by atoms with Gasteiger partial charge in [-0.05, 0) is 48.7 Å². The summed E-state index contributed by atoms with van der Waals surface area (Å²) in [5.41, 5.74) is 1.99. The van der Waals surface area contributed by atoms with Gasteiger partial charge in [-0.2, -0.15) is 0 Å². The van der Waals surface area contributed by atoms with E-state index in [1.165, 1.54) is 4.90 Å². The van der Waals surface area contributed by atoms with Gasteiger partial charge in [-0.1, -0.05) is 77.8 Å². The summed E-state index contributed by atoms with van der Waals surface area (Å²) >= 11 is 12.1. The first-order valence-corrected chi connectivity index (χ1v) is 11.4. The summed E-state index contributed by atoms with van der Waals surface area (Å²) in [6.45, 7) is 2.20. The summed E-state index contributed by atoms with van der Waals surface area (Å²) in [5, 5.41) is 3.95. The largest absolute Gasteiger partial charge is 0.482 e. The Morgan fingerprint density at radius 2 is 1.58 bits per heavy atom. The zero-order chi connectivity index (χ0) is 23.6. The number of hydrogen-bond acceptors (Lipinski definition) is 3. The summed E-state index contributed by atoms with van der Waals surface area (Å²) in [5.74, 6) is -0.138. The lowest BCUT2D eigenvalue weighted by Gasteiger charge is -2.29. The summed E-state index contributed by atoms with van der Waals surface area (Å²) in [6.07, 6.45) is 0.708. The Morgan fingerprint density at radius 3 is 2.27 bits per heavy atom. The van der Waals surface area contributed by atoms with Crippen molar-refractivity contribution < 1.29 is 14.3 Å². The van der Waals surface area contributed by atoms with Gasteiger partial charge >= 0.3 is 0 Å². The van der Waals surface area contributed by atoms with Gasteiger partial charge in [0.1, 0.15) is 11.8 Å². The SMILES string of the molecule is CC(C(=O)NCCc1ccccc1)N(Cc1ccc(Cl)cc1)C(=O)COc1ccccc1Cl. The summed E-state index contributed by atoms with van der Waals surface area (Å²) in [7, 11) is 0. The van der Waals surface area contributed by atoms with Crippen molar-refractivity contribution >= 4 is 35.0 Å². The third-order valence-electron chi connectivity index (χ3n) is 5.18. The van der Waals surface area contributed by atoms with E-state index in [0.717, 1.165) is 11.1 Å². The standard InChI is InChI=1S/C26H26Cl2N2O3/c1-19(26(32)29-16-15-20-7-3-2-4-8-20)30(17-21-11-13-22(27)14-12-21)25(31)18-33-24-10-6-5-9-23(24)28/h2-14,19H,15-18H2,1H3,(H,29,32). The van der Waals surface area contributed by atoms with Gasteiger partial charge in [-0.25, -0.2) is 0 Å². The zero-order valence-electron chi connectivity index (χ0n) is 18.3. The van der Waals surface area contributed by atoms with Crippen molar-refractivity contribution in [3.05, 3.63) is 100 Å². The van der Waals surface area contributed by atoms with Crippen molar-refractivity contribution in [3.8, 4) is 5.75 Å². The Kier molecular flexibility index (Phi) is 9.16. The average Bonchev–Trinajstić information content (AvgIpc) is 2.83. The van der Waals surface area contributed by atoms with E-state index in [-0.39, 0.29) is 25.0 Å². The Hall–Kier alpha value is -3.02. The maximum absolute atomic E-state index is 13.1. The molecule has 0 aliphatic rings. The van der Waals surface area contributed by atoms with E-state index in [9.17, 15) is 9.59 Å². The zero-order valence-corrected chi connectivity index (χ0v) is 19.9. The summed E-state index contributed by atoms with van der Waals surface area (Å²) in [6, 6.07) is 23.3. The number of para-hydroxylation sites is 1. The van der Waals surface area contributed by atoms with E-state index in [2.05, 4.69) is 5.32 Å². The molecular formula is C26H26Cl2N2O3. The van der Waals surface area contributed by atoms with Gasteiger partial charge < -0.3 is 15.0 Å². The lowest BCUT2D eigenvalue weighted by Crippen LogP contribution is -2.49. The first-order valence-electron chi connectivity index (χ1n) is 10.7. The molecule has 1 N–H and O–H groups in total. The van der Waals surface area contributed by atoms with Crippen LogP contribution in [-0.4, -0.2) is 35.9 Å². The molecule has 2 amide bonds. The highest BCUT2D eigenvalue weighted by molar-refractivity contribution is 6.32. The molecule has 3 aromatic carbocycles. The number of halogens is 2. The summed E-state index contributed by atoms with van der Waals surface area (Å²) < 4.78 is 5.63. The van der Waals surface area contributed by atoms with Crippen LogP contribution in [-0.2, 0) is 22.6 Å². The van der Waals surface area contributed by atoms with Crippen LogP contribution >= 0.6 is 23.2 Å². The number of ether oxygens (including phenoxy) is 1. The molecule has 3 aromatic rings. The van der Waals surface area contributed by atoms with E-state index < -0.39 is 6.04 Å². The number of rotatable bonds is 10. The highest BCUT2D eigenvalue weighted by Crippen LogP contribution is 2.23. The van der Waals surface area contributed by atoms with Gasteiger partial charge in [-0.15, -0.1) is 0 Å². The number of nitrogens with zero attached hydrogens (tertiary/aromatic N) is 1. The van der Waals surface area contributed by atoms with Crippen LogP contribution in [0.4, 0.5) is 0 Å². The van der Waals surface area contributed by atoms with Gasteiger partial charge in [0.05, 0.1) is 5.02 Å². The maximum atomic E-state index is 13.1. The van der Waals surface area contributed by atoms with Crippen molar-refractivity contribution in [2.75, 3.05) is 13.2 Å². The quantitative estimate of drug-likeness (QED) is 0.432. The molecule has 0 aliphatic heterocycles. The molecule has 5 nitrogen and oxygen atoms in total. The third kappa shape index (κ3) is 7.52. The predicted octanol–water partition coefficient (Wildman–Crippen LogP) is 5.15. The van der Waals surface area contributed by atoms with Gasteiger partial charge in [-0.3, -0.25) is 9.59 Å². The number of amides is 2. The molecule has 3 rings (SSSR count). The molecule has 0 bridgehead atoms. The van der Waals surface area contributed by atoms with Gasteiger partial charge in [0.15, 0.2) is 6.61 Å². The molecule has 0 saturated heterocycles. The van der Waals surface area contributed by atoms with Crippen molar-refractivity contribution in [2.45, 2.75) is 25.9 Å². The minimum absolute atomic E-state index is 0.231. The molecule has 172 valence electrons. The minimum atomic E-state index is -0.696. The van der Waals surface area contributed by atoms with E-state index in [0.29, 0.717) is 28.8 Å². The van der Waals surface area contributed by atoms with Crippen LogP contribution in [0.3, 0.4) is 0 Å². The van der Waals surface area contributed by atoms with Crippen LogP contribution < -0.4 is 10.1 Å². The van der Waals surface area contributed by atoms with Gasteiger partial charge in [0.2, 0.25) is 5.91 Å². The van der Waals surface area contributed by atoms with Crippen molar-refractivity contribution in [3.63, 3.8) is 0 Å². The first-order chi connectivity index (χ1) is 15.9. The second-order valence-electron chi connectivity index (χ2n) is 7.57. The highest BCUT2D eigenvalue weighted by atomic mass is 35.5. The maximum Gasteiger partial charge on any atom is 0.261 e. The fourth-order valence-electron chi connectivity index (χ4n) is 3.28. The number of benzene rings is 3. The van der Waals surface area contributed by atoms with Crippen LogP contribution in [0.25, 0.3) is 0 Å². The number of carbonyl (C=O) groups excluding carboxylic acids is 2.